The molecule has 1 nitrogen and oxygen atoms in total. The number of nitrogens with zero attached hydrogens (tertiary/aromatic N) is 1. The van der Waals surface area contributed by atoms with E-state index in [-0.39, 0.29) is 0 Å². The molecule has 0 atom stereocenters. The van der Waals surface area contributed by atoms with Crippen molar-refractivity contribution in [3.8, 4) is 10.4 Å². The van der Waals surface area contributed by atoms with E-state index in [1.807, 2.05) is 5.51 Å². The molecule has 2 aromatic rings. The second-order valence-electron chi connectivity index (χ2n) is 5.93. The van der Waals surface area contributed by atoms with Crippen LogP contribution < -0.4 is 0 Å². The smallest absolute Gasteiger partial charge is 0.0801 e. The van der Waals surface area contributed by atoms with Crippen LogP contribution in [0.1, 0.15) is 50.4 Å². The van der Waals surface area contributed by atoms with Crippen molar-refractivity contribution in [2.24, 2.45) is 5.92 Å². The van der Waals surface area contributed by atoms with Gasteiger partial charge in [0.25, 0.3) is 0 Å². The third kappa shape index (κ3) is 3.24. The van der Waals surface area contributed by atoms with Gasteiger partial charge in [-0.05, 0) is 47.9 Å². The average molecular weight is 273 g/mol. The Bertz CT molecular complexity index is 552. The molecule has 0 saturated carbocycles. The van der Waals surface area contributed by atoms with Gasteiger partial charge in [0.2, 0.25) is 0 Å². The Morgan fingerprint density at radius 1 is 1.16 bits per heavy atom. The Morgan fingerprint density at radius 2 is 1.89 bits per heavy atom. The van der Waals surface area contributed by atoms with E-state index in [0.717, 1.165) is 12.1 Å². The molecule has 19 heavy (non-hydrogen) atoms. The molecular formula is C17H23NS. The van der Waals surface area contributed by atoms with Crippen LogP contribution in [0.3, 0.4) is 0 Å². The number of benzene rings is 1. The molecular weight excluding hydrogens is 250 g/mol. The third-order valence-electron chi connectivity index (χ3n) is 3.40. The van der Waals surface area contributed by atoms with Crippen molar-refractivity contribution in [2.75, 3.05) is 0 Å². The first kappa shape index (κ1) is 14.3. The summed E-state index contributed by atoms with van der Waals surface area (Å²) in [6.07, 6.45) is 1.16. The average Bonchev–Trinajstić information content (AvgIpc) is 2.75. The lowest BCUT2D eigenvalue weighted by Crippen LogP contribution is -2.01. The summed E-state index contributed by atoms with van der Waals surface area (Å²) >= 11 is 1.73. The first-order chi connectivity index (χ1) is 8.99. The lowest BCUT2D eigenvalue weighted by molar-refractivity contribution is 0.638. The van der Waals surface area contributed by atoms with Crippen LogP contribution in [0.5, 0.6) is 0 Å². The van der Waals surface area contributed by atoms with Crippen molar-refractivity contribution in [1.82, 2.24) is 4.98 Å². The van der Waals surface area contributed by atoms with Crippen LogP contribution in [0.15, 0.2) is 23.7 Å². The first-order valence-corrected chi connectivity index (χ1v) is 7.90. The summed E-state index contributed by atoms with van der Waals surface area (Å²) in [6.45, 7) is 11.2. The molecule has 0 radical (unpaired) electrons. The zero-order valence-electron chi connectivity index (χ0n) is 12.5. The van der Waals surface area contributed by atoms with E-state index >= 15 is 0 Å². The van der Waals surface area contributed by atoms with E-state index < -0.39 is 0 Å². The van der Waals surface area contributed by atoms with Gasteiger partial charge in [0.1, 0.15) is 0 Å². The molecule has 2 heteroatoms. The minimum absolute atomic E-state index is 0.571. The van der Waals surface area contributed by atoms with Gasteiger partial charge >= 0.3 is 0 Å². The minimum atomic E-state index is 0.571. The normalized spacial score (nSPS) is 11.5. The zero-order chi connectivity index (χ0) is 14.0. The van der Waals surface area contributed by atoms with Crippen molar-refractivity contribution >= 4 is 11.3 Å². The van der Waals surface area contributed by atoms with Crippen molar-refractivity contribution in [1.29, 1.82) is 0 Å². The van der Waals surface area contributed by atoms with Crippen molar-refractivity contribution < 1.29 is 0 Å². The van der Waals surface area contributed by atoms with Gasteiger partial charge in [0, 0.05) is 0 Å². The molecule has 0 saturated heterocycles. The van der Waals surface area contributed by atoms with Crippen molar-refractivity contribution in [3.05, 3.63) is 40.5 Å². The lowest BCUT2D eigenvalue weighted by Gasteiger charge is -2.16. The van der Waals surface area contributed by atoms with Gasteiger partial charge in [-0.2, -0.15) is 0 Å². The number of rotatable bonds is 4. The number of thiazole rings is 1. The summed E-state index contributed by atoms with van der Waals surface area (Å²) in [7, 11) is 0. The lowest BCUT2D eigenvalue weighted by atomic mass is 9.90. The topological polar surface area (TPSA) is 12.9 Å². The van der Waals surface area contributed by atoms with Crippen LogP contribution in [-0.4, -0.2) is 4.98 Å². The van der Waals surface area contributed by atoms with Crippen LogP contribution in [0.4, 0.5) is 0 Å². The second kappa shape index (κ2) is 5.87. The molecule has 0 aliphatic rings. The quantitative estimate of drug-likeness (QED) is 0.722. The monoisotopic (exact) mass is 273 g/mol. The Hall–Kier alpha value is -1.15. The maximum Gasteiger partial charge on any atom is 0.0801 e. The van der Waals surface area contributed by atoms with Crippen LogP contribution in [0.2, 0.25) is 0 Å². The molecule has 102 valence electrons. The van der Waals surface area contributed by atoms with Gasteiger partial charge in [-0.3, -0.25) is 0 Å². The SMILES string of the molecule is Cc1ncsc1-c1ccc(CC(C)C)c(C(C)C)c1. The molecule has 1 aromatic heterocycles. The largest absolute Gasteiger partial charge is 0.249 e. The van der Waals surface area contributed by atoms with Crippen molar-refractivity contribution in [2.45, 2.75) is 47.0 Å². The van der Waals surface area contributed by atoms with Gasteiger partial charge in [-0.15, -0.1) is 11.3 Å². The number of aromatic nitrogens is 1. The molecule has 0 aliphatic heterocycles. The molecule has 0 aliphatic carbocycles. The Balaban J connectivity index is 2.45. The molecule has 0 N–H and O–H groups in total. The fourth-order valence-corrected chi connectivity index (χ4v) is 3.28. The summed E-state index contributed by atoms with van der Waals surface area (Å²) < 4.78 is 0. The fourth-order valence-electron chi connectivity index (χ4n) is 2.48. The van der Waals surface area contributed by atoms with Crippen molar-refractivity contribution in [3.63, 3.8) is 0 Å². The van der Waals surface area contributed by atoms with Gasteiger partial charge in [-0.1, -0.05) is 39.8 Å². The van der Waals surface area contributed by atoms with Crippen LogP contribution in [-0.2, 0) is 6.42 Å². The third-order valence-corrected chi connectivity index (χ3v) is 4.38. The molecule has 0 bridgehead atoms. The summed E-state index contributed by atoms with van der Waals surface area (Å²) in [4.78, 5) is 5.66. The highest BCUT2D eigenvalue weighted by Crippen LogP contribution is 2.32. The Kier molecular flexibility index (Phi) is 4.41. The standard InChI is InChI=1S/C17H23NS/c1-11(2)8-14-6-7-15(9-16(14)12(3)4)17-13(5)18-10-19-17/h6-7,9-12H,8H2,1-5H3. The van der Waals surface area contributed by atoms with E-state index in [4.69, 9.17) is 0 Å². The van der Waals surface area contributed by atoms with Crippen LogP contribution in [0.25, 0.3) is 10.4 Å². The highest BCUT2D eigenvalue weighted by atomic mass is 32.1. The first-order valence-electron chi connectivity index (χ1n) is 7.02. The van der Waals surface area contributed by atoms with E-state index in [9.17, 15) is 0 Å². The molecule has 2 rings (SSSR count). The molecule has 0 unspecified atom stereocenters. The molecule has 1 heterocycles. The van der Waals surface area contributed by atoms with E-state index in [0.29, 0.717) is 11.8 Å². The molecule has 0 fully saturated rings. The number of hydrogen-bond acceptors (Lipinski definition) is 2. The maximum atomic E-state index is 4.36. The predicted molar refractivity (Wildman–Crippen MR) is 84.9 cm³/mol. The van der Waals surface area contributed by atoms with Crippen LogP contribution in [0, 0.1) is 12.8 Å². The summed E-state index contributed by atoms with van der Waals surface area (Å²) in [5, 5.41) is 0. The maximum absolute atomic E-state index is 4.36. The zero-order valence-corrected chi connectivity index (χ0v) is 13.3. The summed E-state index contributed by atoms with van der Waals surface area (Å²) in [5.41, 5.74) is 7.37. The van der Waals surface area contributed by atoms with Gasteiger partial charge in [-0.25, -0.2) is 4.98 Å². The fraction of sp³-hybridized carbons (Fsp3) is 0.471. The van der Waals surface area contributed by atoms with Crippen LogP contribution >= 0.6 is 11.3 Å². The minimum Gasteiger partial charge on any atom is -0.249 e. The van der Waals surface area contributed by atoms with Gasteiger partial charge in [0.15, 0.2) is 0 Å². The molecule has 1 aromatic carbocycles. The highest BCUT2D eigenvalue weighted by molar-refractivity contribution is 7.13. The number of hydrogen-bond donors (Lipinski definition) is 0. The molecule has 0 amide bonds. The second-order valence-corrected chi connectivity index (χ2v) is 6.79. The van der Waals surface area contributed by atoms with E-state index in [2.05, 4.69) is 57.8 Å². The van der Waals surface area contributed by atoms with Gasteiger partial charge in [0.05, 0.1) is 16.1 Å². The predicted octanol–water partition coefficient (Wildman–Crippen LogP) is 5.44. The summed E-state index contributed by atoms with van der Waals surface area (Å²) in [5.74, 6) is 1.27. The Morgan fingerprint density at radius 3 is 2.42 bits per heavy atom. The Labute approximate surface area is 120 Å². The van der Waals surface area contributed by atoms with E-state index in [1.54, 1.807) is 11.3 Å². The summed E-state index contributed by atoms with van der Waals surface area (Å²) in [6, 6.07) is 6.93. The molecule has 0 spiro atoms. The highest BCUT2D eigenvalue weighted by Gasteiger charge is 2.12. The van der Waals surface area contributed by atoms with E-state index in [1.165, 1.54) is 21.6 Å². The van der Waals surface area contributed by atoms with Gasteiger partial charge < -0.3 is 0 Å². The number of aryl methyl sites for hydroxylation is 1.